The van der Waals surface area contributed by atoms with Crippen molar-refractivity contribution in [1.29, 1.82) is 0 Å². The highest BCUT2D eigenvalue weighted by molar-refractivity contribution is 5.84. The van der Waals surface area contributed by atoms with Crippen LogP contribution >= 0.6 is 0 Å². The Morgan fingerprint density at radius 3 is 2.16 bits per heavy atom. The summed E-state index contributed by atoms with van der Waals surface area (Å²) < 4.78 is 5.47. The molecular formula is C14H27NO4. The first-order chi connectivity index (χ1) is 8.55. The van der Waals surface area contributed by atoms with Crippen LogP contribution in [-0.4, -0.2) is 35.7 Å². The fraction of sp³-hybridized carbons (Fsp3) is 0.857. The maximum atomic E-state index is 11.9. The summed E-state index contributed by atoms with van der Waals surface area (Å²) >= 11 is 0. The Bertz CT molecular complexity index is 325. The van der Waals surface area contributed by atoms with Crippen molar-refractivity contribution >= 4 is 11.9 Å². The van der Waals surface area contributed by atoms with E-state index in [1.165, 1.54) is 0 Å². The van der Waals surface area contributed by atoms with Crippen molar-refractivity contribution in [2.24, 2.45) is 11.3 Å². The van der Waals surface area contributed by atoms with Crippen LogP contribution in [-0.2, 0) is 14.3 Å². The molecule has 0 aliphatic carbocycles. The number of ether oxygens (including phenoxy) is 1. The quantitative estimate of drug-likeness (QED) is 0.709. The molecule has 19 heavy (non-hydrogen) atoms. The Balaban J connectivity index is 4.50. The SMILES string of the molecule is CCOC(C)(C)CNC(=O)CC(C)(C(=O)O)C(C)C. The number of aliphatic carboxylic acids is 1. The molecule has 0 saturated heterocycles. The van der Waals surface area contributed by atoms with E-state index in [2.05, 4.69) is 5.32 Å². The number of carbonyl (C=O) groups excluding carboxylic acids is 1. The summed E-state index contributed by atoms with van der Waals surface area (Å²) in [5.41, 5.74) is -1.48. The van der Waals surface area contributed by atoms with Crippen molar-refractivity contribution in [1.82, 2.24) is 5.32 Å². The molecule has 112 valence electrons. The first-order valence-corrected chi connectivity index (χ1v) is 6.69. The molecule has 0 saturated carbocycles. The molecule has 1 atom stereocenters. The minimum atomic E-state index is -1.04. The second kappa shape index (κ2) is 6.89. The van der Waals surface area contributed by atoms with Gasteiger partial charge in [-0.05, 0) is 33.6 Å². The summed E-state index contributed by atoms with van der Waals surface area (Å²) in [7, 11) is 0. The van der Waals surface area contributed by atoms with Crippen molar-refractivity contribution in [3.63, 3.8) is 0 Å². The number of amides is 1. The molecule has 0 aromatic heterocycles. The molecule has 0 radical (unpaired) electrons. The van der Waals surface area contributed by atoms with E-state index in [0.717, 1.165) is 0 Å². The highest BCUT2D eigenvalue weighted by Gasteiger charge is 2.38. The van der Waals surface area contributed by atoms with Gasteiger partial charge in [0.1, 0.15) is 0 Å². The van der Waals surface area contributed by atoms with Crippen LogP contribution in [0.4, 0.5) is 0 Å². The van der Waals surface area contributed by atoms with E-state index < -0.39 is 17.0 Å². The third-order valence-electron chi connectivity index (χ3n) is 3.54. The van der Waals surface area contributed by atoms with Gasteiger partial charge in [0.25, 0.3) is 0 Å². The molecule has 5 nitrogen and oxygen atoms in total. The van der Waals surface area contributed by atoms with Gasteiger partial charge in [0.05, 0.1) is 11.0 Å². The number of hydrogen-bond donors (Lipinski definition) is 2. The van der Waals surface area contributed by atoms with Gasteiger partial charge in [-0.1, -0.05) is 13.8 Å². The van der Waals surface area contributed by atoms with Crippen LogP contribution in [0.3, 0.4) is 0 Å². The molecule has 0 heterocycles. The summed E-state index contributed by atoms with van der Waals surface area (Å²) in [6.45, 7) is 11.8. The zero-order chi connectivity index (χ0) is 15.3. The van der Waals surface area contributed by atoms with Gasteiger partial charge in [-0.2, -0.15) is 0 Å². The maximum absolute atomic E-state index is 11.9. The summed E-state index contributed by atoms with van der Waals surface area (Å²) in [5.74, 6) is -1.32. The molecule has 0 aromatic carbocycles. The third-order valence-corrected chi connectivity index (χ3v) is 3.54. The lowest BCUT2D eigenvalue weighted by molar-refractivity contribution is -0.153. The molecule has 0 rings (SSSR count). The van der Waals surface area contributed by atoms with Gasteiger partial charge in [0.15, 0.2) is 0 Å². The summed E-state index contributed by atoms with van der Waals surface area (Å²) in [6, 6.07) is 0. The Morgan fingerprint density at radius 1 is 1.26 bits per heavy atom. The second-order valence-electron chi connectivity index (χ2n) is 6.02. The standard InChI is InChI=1S/C14H27NO4/c1-7-19-13(4,5)9-15-11(16)8-14(6,10(2)3)12(17)18/h10H,7-9H2,1-6H3,(H,15,16)(H,17,18). The van der Waals surface area contributed by atoms with Gasteiger partial charge < -0.3 is 15.2 Å². The number of carbonyl (C=O) groups is 2. The molecule has 0 spiro atoms. The van der Waals surface area contributed by atoms with Crippen molar-refractivity contribution < 1.29 is 19.4 Å². The van der Waals surface area contributed by atoms with E-state index in [-0.39, 0.29) is 18.2 Å². The predicted molar refractivity (Wildman–Crippen MR) is 73.9 cm³/mol. The highest BCUT2D eigenvalue weighted by Crippen LogP contribution is 2.31. The lowest BCUT2D eigenvalue weighted by Crippen LogP contribution is -2.44. The Labute approximate surface area is 115 Å². The molecule has 0 aliphatic rings. The largest absolute Gasteiger partial charge is 0.481 e. The van der Waals surface area contributed by atoms with E-state index in [9.17, 15) is 14.7 Å². The fourth-order valence-electron chi connectivity index (χ4n) is 1.68. The number of nitrogens with one attached hydrogen (secondary N) is 1. The maximum Gasteiger partial charge on any atom is 0.310 e. The zero-order valence-electron chi connectivity index (χ0n) is 12.9. The van der Waals surface area contributed by atoms with E-state index >= 15 is 0 Å². The molecule has 0 fully saturated rings. The number of carboxylic acids is 1. The van der Waals surface area contributed by atoms with E-state index in [4.69, 9.17) is 4.74 Å². The van der Waals surface area contributed by atoms with Crippen molar-refractivity contribution in [2.45, 2.75) is 53.6 Å². The topological polar surface area (TPSA) is 75.6 Å². The number of carboxylic acid groups (broad SMARTS) is 1. The molecule has 0 aliphatic heterocycles. The minimum Gasteiger partial charge on any atom is -0.481 e. The fourth-order valence-corrected chi connectivity index (χ4v) is 1.68. The molecule has 1 unspecified atom stereocenters. The van der Waals surface area contributed by atoms with Crippen LogP contribution < -0.4 is 5.32 Å². The summed E-state index contributed by atoms with van der Waals surface area (Å²) in [4.78, 5) is 23.2. The predicted octanol–water partition coefficient (Wildman–Crippen LogP) is 2.05. The van der Waals surface area contributed by atoms with Gasteiger partial charge in [0, 0.05) is 19.6 Å². The average molecular weight is 273 g/mol. The molecule has 2 N–H and O–H groups in total. The first-order valence-electron chi connectivity index (χ1n) is 6.69. The van der Waals surface area contributed by atoms with Crippen LogP contribution in [0.5, 0.6) is 0 Å². The molecule has 5 heteroatoms. The number of hydrogen-bond acceptors (Lipinski definition) is 3. The van der Waals surface area contributed by atoms with Crippen LogP contribution in [0.2, 0.25) is 0 Å². The summed E-state index contributed by atoms with van der Waals surface area (Å²) in [6.07, 6.45) is -0.0256. The second-order valence-corrected chi connectivity index (χ2v) is 6.02. The van der Waals surface area contributed by atoms with Gasteiger partial charge in [-0.25, -0.2) is 0 Å². The monoisotopic (exact) mass is 273 g/mol. The van der Waals surface area contributed by atoms with Crippen LogP contribution in [0.15, 0.2) is 0 Å². The normalized spacial score (nSPS) is 15.1. The van der Waals surface area contributed by atoms with Gasteiger partial charge >= 0.3 is 5.97 Å². The highest BCUT2D eigenvalue weighted by atomic mass is 16.5. The van der Waals surface area contributed by atoms with Crippen LogP contribution in [0.1, 0.15) is 48.0 Å². The van der Waals surface area contributed by atoms with E-state index in [1.54, 1.807) is 6.92 Å². The summed E-state index contributed by atoms with van der Waals surface area (Å²) in [5, 5.41) is 12.0. The lowest BCUT2D eigenvalue weighted by Gasteiger charge is -2.30. The Kier molecular flexibility index (Phi) is 6.49. The average Bonchev–Trinajstić information content (AvgIpc) is 2.25. The smallest absolute Gasteiger partial charge is 0.310 e. The van der Waals surface area contributed by atoms with Crippen molar-refractivity contribution in [3.8, 4) is 0 Å². The molecule has 1 amide bonds. The van der Waals surface area contributed by atoms with Crippen molar-refractivity contribution in [2.75, 3.05) is 13.2 Å². The van der Waals surface area contributed by atoms with Crippen LogP contribution in [0, 0.1) is 11.3 Å². The van der Waals surface area contributed by atoms with Gasteiger partial charge in [-0.3, -0.25) is 9.59 Å². The lowest BCUT2D eigenvalue weighted by atomic mass is 9.76. The van der Waals surface area contributed by atoms with Gasteiger partial charge in [-0.15, -0.1) is 0 Å². The van der Waals surface area contributed by atoms with Crippen LogP contribution in [0.25, 0.3) is 0 Å². The van der Waals surface area contributed by atoms with Crippen molar-refractivity contribution in [3.05, 3.63) is 0 Å². The third kappa shape index (κ3) is 5.59. The first kappa shape index (κ1) is 17.9. The Morgan fingerprint density at radius 2 is 1.79 bits per heavy atom. The van der Waals surface area contributed by atoms with Gasteiger partial charge in [0.2, 0.25) is 5.91 Å². The molecular weight excluding hydrogens is 246 g/mol. The van der Waals surface area contributed by atoms with E-state index in [1.807, 2.05) is 34.6 Å². The van der Waals surface area contributed by atoms with E-state index in [0.29, 0.717) is 13.2 Å². The number of rotatable bonds is 8. The molecule has 0 bridgehead atoms. The zero-order valence-corrected chi connectivity index (χ0v) is 12.9. The molecule has 0 aromatic rings. The Hall–Kier alpha value is -1.10. The minimum absolute atomic E-state index is 0.0256.